The van der Waals surface area contributed by atoms with Crippen LogP contribution in [0.1, 0.15) is 9.67 Å². The second-order valence-corrected chi connectivity index (χ2v) is 3.93. The summed E-state index contributed by atoms with van der Waals surface area (Å²) < 4.78 is 4.93. The molecular weight excluding hydrogens is 240 g/mol. The van der Waals surface area contributed by atoms with Crippen LogP contribution in [0.25, 0.3) is 0 Å². The highest BCUT2D eigenvalue weighted by molar-refractivity contribution is 7.12. The van der Waals surface area contributed by atoms with Gasteiger partial charge in [-0.2, -0.15) is 4.98 Å². The van der Waals surface area contributed by atoms with Crippen molar-refractivity contribution < 1.29 is 9.53 Å². The Morgan fingerprint density at radius 1 is 1.47 bits per heavy atom. The van der Waals surface area contributed by atoms with Gasteiger partial charge in [-0.25, -0.2) is 4.98 Å². The Labute approximate surface area is 102 Å². The van der Waals surface area contributed by atoms with Gasteiger partial charge in [0.1, 0.15) is 0 Å². The number of anilines is 1. The Bertz CT molecular complexity index is 501. The van der Waals surface area contributed by atoms with Crippen LogP contribution in [0.4, 0.5) is 5.95 Å². The summed E-state index contributed by atoms with van der Waals surface area (Å²) >= 11 is 1.36. The van der Waals surface area contributed by atoms with Crippen LogP contribution in [0.5, 0.6) is 5.88 Å². The molecule has 0 aromatic carbocycles. The molecule has 2 aromatic heterocycles. The van der Waals surface area contributed by atoms with E-state index in [1.54, 1.807) is 12.1 Å². The highest BCUT2D eigenvalue weighted by atomic mass is 32.1. The van der Waals surface area contributed by atoms with Crippen LogP contribution in [-0.4, -0.2) is 23.0 Å². The van der Waals surface area contributed by atoms with E-state index in [1.807, 2.05) is 11.4 Å². The molecular formula is C10H10N4O2S. The van der Waals surface area contributed by atoms with Crippen molar-refractivity contribution in [3.63, 3.8) is 0 Å². The maximum Gasteiger partial charge on any atom is 0.279 e. The number of carbonyl (C=O) groups is 1. The lowest BCUT2D eigenvalue weighted by molar-refractivity contribution is 0.0966. The third-order valence-corrected chi connectivity index (χ3v) is 2.74. The number of methoxy groups -OCH3 is 1. The quantitative estimate of drug-likeness (QED) is 0.800. The first-order chi connectivity index (χ1) is 8.29. The highest BCUT2D eigenvalue weighted by Gasteiger charge is 2.06. The number of amides is 1. The van der Waals surface area contributed by atoms with Crippen LogP contribution < -0.4 is 15.6 Å². The number of nitrogens with zero attached hydrogens (tertiary/aromatic N) is 2. The van der Waals surface area contributed by atoms with Gasteiger partial charge in [-0.1, -0.05) is 6.07 Å². The number of carbonyl (C=O) groups excluding carboxylic acids is 1. The van der Waals surface area contributed by atoms with E-state index in [0.29, 0.717) is 10.8 Å². The Kier molecular flexibility index (Phi) is 3.51. The fourth-order valence-corrected chi connectivity index (χ4v) is 1.72. The van der Waals surface area contributed by atoms with E-state index in [1.165, 1.54) is 24.6 Å². The average molecular weight is 250 g/mol. The first kappa shape index (κ1) is 11.3. The second kappa shape index (κ2) is 5.26. The van der Waals surface area contributed by atoms with E-state index < -0.39 is 0 Å². The SMILES string of the molecule is COc1ccnc(NNC(=O)c2cccs2)n1. The molecule has 0 saturated carbocycles. The number of thiophene rings is 1. The molecule has 0 aliphatic heterocycles. The van der Waals surface area contributed by atoms with Gasteiger partial charge in [0.15, 0.2) is 0 Å². The van der Waals surface area contributed by atoms with Gasteiger partial charge in [-0.3, -0.25) is 15.6 Å². The lowest BCUT2D eigenvalue weighted by Crippen LogP contribution is -2.29. The molecule has 2 aromatic rings. The molecule has 1 amide bonds. The topological polar surface area (TPSA) is 76.1 Å². The highest BCUT2D eigenvalue weighted by Crippen LogP contribution is 2.09. The smallest absolute Gasteiger partial charge is 0.279 e. The zero-order chi connectivity index (χ0) is 12.1. The van der Waals surface area contributed by atoms with E-state index in [-0.39, 0.29) is 11.9 Å². The van der Waals surface area contributed by atoms with Crippen LogP contribution >= 0.6 is 11.3 Å². The van der Waals surface area contributed by atoms with Crippen LogP contribution in [0.2, 0.25) is 0 Å². The van der Waals surface area contributed by atoms with Crippen LogP contribution in [-0.2, 0) is 0 Å². The molecule has 0 unspecified atom stereocenters. The second-order valence-electron chi connectivity index (χ2n) is 2.98. The molecule has 17 heavy (non-hydrogen) atoms. The first-order valence-corrected chi connectivity index (χ1v) is 5.64. The minimum Gasteiger partial charge on any atom is -0.481 e. The maximum atomic E-state index is 11.6. The standard InChI is InChI=1S/C10H10N4O2S/c1-16-8-4-5-11-10(12-8)14-13-9(15)7-3-2-6-17-7/h2-6H,1H3,(H,13,15)(H,11,12,14). The average Bonchev–Trinajstić information content (AvgIpc) is 2.90. The molecule has 0 atom stereocenters. The molecule has 0 spiro atoms. The molecule has 0 aliphatic carbocycles. The molecule has 0 bridgehead atoms. The number of rotatable bonds is 4. The van der Waals surface area contributed by atoms with Crippen molar-refractivity contribution in [2.75, 3.05) is 12.5 Å². The molecule has 0 fully saturated rings. The van der Waals surface area contributed by atoms with E-state index in [4.69, 9.17) is 4.74 Å². The van der Waals surface area contributed by atoms with Crippen LogP contribution in [0.3, 0.4) is 0 Å². The molecule has 2 rings (SSSR count). The third-order valence-electron chi connectivity index (χ3n) is 1.87. The molecule has 0 saturated heterocycles. The van der Waals surface area contributed by atoms with E-state index >= 15 is 0 Å². The molecule has 2 heterocycles. The van der Waals surface area contributed by atoms with Gasteiger partial charge in [0.05, 0.1) is 12.0 Å². The summed E-state index contributed by atoms with van der Waals surface area (Å²) in [5, 5.41) is 1.83. The van der Waals surface area contributed by atoms with Crippen LogP contribution in [0, 0.1) is 0 Å². The van der Waals surface area contributed by atoms with Gasteiger partial charge in [0.25, 0.3) is 5.91 Å². The Morgan fingerprint density at radius 2 is 2.35 bits per heavy atom. The normalized spacial score (nSPS) is 9.71. The largest absolute Gasteiger partial charge is 0.481 e. The summed E-state index contributed by atoms with van der Waals surface area (Å²) in [7, 11) is 1.51. The number of nitrogens with one attached hydrogen (secondary N) is 2. The van der Waals surface area contributed by atoms with Crippen molar-refractivity contribution in [1.82, 2.24) is 15.4 Å². The third kappa shape index (κ3) is 2.91. The molecule has 0 aliphatic rings. The number of hydrogen-bond acceptors (Lipinski definition) is 6. The van der Waals surface area contributed by atoms with Crippen LogP contribution in [0.15, 0.2) is 29.8 Å². The van der Waals surface area contributed by atoms with Gasteiger partial charge < -0.3 is 4.74 Å². The minimum absolute atomic E-state index is 0.230. The lowest BCUT2D eigenvalue weighted by atomic mass is 10.4. The minimum atomic E-state index is -0.230. The van der Waals surface area contributed by atoms with Gasteiger partial charge >= 0.3 is 0 Å². The van der Waals surface area contributed by atoms with Gasteiger partial charge in [-0.15, -0.1) is 11.3 Å². The number of hydrazine groups is 1. The van der Waals surface area contributed by atoms with Crippen molar-refractivity contribution in [2.45, 2.75) is 0 Å². The summed E-state index contributed by atoms with van der Waals surface area (Å²) in [4.78, 5) is 20.1. The molecule has 0 radical (unpaired) electrons. The summed E-state index contributed by atoms with van der Waals surface area (Å²) in [5.41, 5.74) is 5.11. The molecule has 88 valence electrons. The summed E-state index contributed by atoms with van der Waals surface area (Å²) in [5.74, 6) is 0.466. The van der Waals surface area contributed by atoms with Gasteiger partial charge in [0, 0.05) is 12.3 Å². The Hall–Kier alpha value is -2.15. The first-order valence-electron chi connectivity index (χ1n) is 4.76. The van der Waals surface area contributed by atoms with E-state index in [9.17, 15) is 4.79 Å². The Balaban J connectivity index is 1.95. The van der Waals surface area contributed by atoms with E-state index in [2.05, 4.69) is 20.8 Å². The van der Waals surface area contributed by atoms with Crippen molar-refractivity contribution in [2.24, 2.45) is 0 Å². The number of hydrogen-bond donors (Lipinski definition) is 2. The van der Waals surface area contributed by atoms with Crippen molar-refractivity contribution >= 4 is 23.2 Å². The summed E-state index contributed by atoms with van der Waals surface area (Å²) in [6, 6.07) is 5.15. The molecule has 6 nitrogen and oxygen atoms in total. The lowest BCUT2D eigenvalue weighted by Gasteiger charge is -2.06. The predicted molar refractivity (Wildman–Crippen MR) is 64.0 cm³/mol. The zero-order valence-corrected chi connectivity index (χ0v) is 9.82. The number of aromatic nitrogens is 2. The van der Waals surface area contributed by atoms with Gasteiger partial charge in [-0.05, 0) is 11.4 Å². The predicted octanol–water partition coefficient (Wildman–Crippen LogP) is 1.30. The fraction of sp³-hybridized carbons (Fsp3) is 0.100. The fourth-order valence-electron chi connectivity index (χ4n) is 1.10. The van der Waals surface area contributed by atoms with Gasteiger partial charge in [0.2, 0.25) is 11.8 Å². The maximum absolute atomic E-state index is 11.6. The summed E-state index contributed by atoms with van der Waals surface area (Å²) in [6.07, 6.45) is 1.53. The monoisotopic (exact) mass is 250 g/mol. The van der Waals surface area contributed by atoms with E-state index in [0.717, 1.165) is 0 Å². The zero-order valence-electron chi connectivity index (χ0n) is 9.01. The Morgan fingerprint density at radius 3 is 3.06 bits per heavy atom. The summed E-state index contributed by atoms with van der Waals surface area (Å²) in [6.45, 7) is 0. The molecule has 2 N–H and O–H groups in total. The van der Waals surface area contributed by atoms with Crippen molar-refractivity contribution in [3.05, 3.63) is 34.7 Å². The molecule has 7 heteroatoms. The van der Waals surface area contributed by atoms with Crippen molar-refractivity contribution in [3.8, 4) is 5.88 Å². The number of ether oxygens (including phenoxy) is 1. The van der Waals surface area contributed by atoms with Crippen molar-refractivity contribution in [1.29, 1.82) is 0 Å².